The first-order valence-corrected chi connectivity index (χ1v) is 4.43. The maximum atomic E-state index is 9.20. The fourth-order valence-corrected chi connectivity index (χ4v) is 2.48. The lowest BCUT2D eigenvalue weighted by Crippen LogP contribution is -2.40. The Kier molecular flexibility index (Phi) is 2.73. The first kappa shape index (κ1) is 7.75. The van der Waals surface area contributed by atoms with Crippen LogP contribution in [0.1, 0.15) is 6.42 Å². The standard InChI is InChI=1S/C6H12INO/c1-8-3-5(7)2-6(9)4-8/h5-6,9H,2-4H2,1H3. The van der Waals surface area contributed by atoms with Crippen LogP contribution in [0.3, 0.4) is 0 Å². The number of β-amino-alcohol motifs (C(OH)–C–C–N with tert-alkyl or cyclic N) is 1. The number of rotatable bonds is 0. The summed E-state index contributed by atoms with van der Waals surface area (Å²) >= 11 is 2.39. The monoisotopic (exact) mass is 241 g/mol. The largest absolute Gasteiger partial charge is 0.392 e. The molecular formula is C6H12INO. The van der Waals surface area contributed by atoms with E-state index in [4.69, 9.17) is 0 Å². The number of halogens is 1. The second-order valence-electron chi connectivity index (χ2n) is 2.71. The van der Waals surface area contributed by atoms with Crippen molar-refractivity contribution in [2.24, 2.45) is 0 Å². The highest BCUT2D eigenvalue weighted by atomic mass is 127. The summed E-state index contributed by atoms with van der Waals surface area (Å²) in [7, 11) is 2.05. The molecule has 2 nitrogen and oxygen atoms in total. The van der Waals surface area contributed by atoms with E-state index in [1.165, 1.54) is 0 Å². The van der Waals surface area contributed by atoms with Crippen LogP contribution < -0.4 is 0 Å². The van der Waals surface area contributed by atoms with Gasteiger partial charge in [0, 0.05) is 17.0 Å². The second kappa shape index (κ2) is 3.16. The Labute approximate surface area is 69.4 Å². The van der Waals surface area contributed by atoms with Gasteiger partial charge in [-0.05, 0) is 13.5 Å². The smallest absolute Gasteiger partial charge is 0.0677 e. The number of piperidine rings is 1. The summed E-state index contributed by atoms with van der Waals surface area (Å²) in [6.45, 7) is 1.97. The van der Waals surface area contributed by atoms with Crippen LogP contribution in [0.15, 0.2) is 0 Å². The van der Waals surface area contributed by atoms with Crippen molar-refractivity contribution in [3.63, 3.8) is 0 Å². The predicted molar refractivity (Wildman–Crippen MR) is 45.9 cm³/mol. The van der Waals surface area contributed by atoms with Crippen LogP contribution in [0.5, 0.6) is 0 Å². The molecule has 0 aromatic rings. The van der Waals surface area contributed by atoms with E-state index in [0.717, 1.165) is 19.5 Å². The minimum absolute atomic E-state index is 0.0920. The first-order valence-electron chi connectivity index (χ1n) is 3.19. The van der Waals surface area contributed by atoms with Crippen LogP contribution in [-0.4, -0.2) is 40.2 Å². The Morgan fingerprint density at radius 3 is 2.67 bits per heavy atom. The fourth-order valence-electron chi connectivity index (χ4n) is 1.22. The Morgan fingerprint density at radius 2 is 2.22 bits per heavy atom. The lowest BCUT2D eigenvalue weighted by molar-refractivity contribution is 0.0905. The van der Waals surface area contributed by atoms with Gasteiger partial charge in [0.2, 0.25) is 0 Å². The Bertz CT molecular complexity index is 74.0. The molecule has 0 spiro atoms. The normalized spacial score (nSPS) is 39.0. The van der Waals surface area contributed by atoms with E-state index < -0.39 is 0 Å². The number of hydrogen-bond donors (Lipinski definition) is 1. The van der Waals surface area contributed by atoms with E-state index in [0.29, 0.717) is 3.92 Å². The van der Waals surface area contributed by atoms with Gasteiger partial charge in [-0.3, -0.25) is 0 Å². The van der Waals surface area contributed by atoms with Gasteiger partial charge >= 0.3 is 0 Å². The molecule has 0 amide bonds. The first-order chi connectivity index (χ1) is 4.18. The van der Waals surface area contributed by atoms with Crippen molar-refractivity contribution in [3.8, 4) is 0 Å². The van der Waals surface area contributed by atoms with Gasteiger partial charge in [-0.2, -0.15) is 0 Å². The molecule has 0 bridgehead atoms. The molecular weight excluding hydrogens is 229 g/mol. The Morgan fingerprint density at radius 1 is 1.56 bits per heavy atom. The van der Waals surface area contributed by atoms with E-state index in [1.807, 2.05) is 7.05 Å². The molecule has 54 valence electrons. The zero-order valence-corrected chi connectivity index (χ0v) is 7.71. The van der Waals surface area contributed by atoms with Crippen LogP contribution in [0.2, 0.25) is 0 Å². The van der Waals surface area contributed by atoms with Crippen molar-refractivity contribution < 1.29 is 5.11 Å². The van der Waals surface area contributed by atoms with Crippen LogP contribution in [0.25, 0.3) is 0 Å². The van der Waals surface area contributed by atoms with Crippen LogP contribution >= 0.6 is 22.6 Å². The van der Waals surface area contributed by atoms with Gasteiger partial charge in [0.15, 0.2) is 0 Å². The number of alkyl halides is 1. The van der Waals surface area contributed by atoms with Gasteiger partial charge in [0.25, 0.3) is 0 Å². The molecule has 2 atom stereocenters. The molecule has 1 aliphatic rings. The minimum atomic E-state index is -0.0920. The molecule has 1 N–H and O–H groups in total. The number of hydrogen-bond acceptors (Lipinski definition) is 2. The number of nitrogens with zero attached hydrogens (tertiary/aromatic N) is 1. The highest BCUT2D eigenvalue weighted by molar-refractivity contribution is 14.1. The number of likely N-dealkylation sites (N-methyl/N-ethyl adjacent to an activating group) is 1. The third-order valence-corrected chi connectivity index (χ3v) is 2.46. The molecule has 0 aromatic carbocycles. The van der Waals surface area contributed by atoms with Gasteiger partial charge in [-0.15, -0.1) is 0 Å². The van der Waals surface area contributed by atoms with E-state index in [9.17, 15) is 5.11 Å². The minimum Gasteiger partial charge on any atom is -0.392 e. The SMILES string of the molecule is CN1CC(O)CC(I)C1. The van der Waals surface area contributed by atoms with Crippen molar-refractivity contribution >= 4 is 22.6 Å². The molecule has 1 saturated heterocycles. The van der Waals surface area contributed by atoms with Crippen molar-refractivity contribution in [1.29, 1.82) is 0 Å². The molecule has 0 aliphatic carbocycles. The summed E-state index contributed by atoms with van der Waals surface area (Å²) in [6.07, 6.45) is 0.871. The molecule has 1 aliphatic heterocycles. The molecule has 1 fully saturated rings. The van der Waals surface area contributed by atoms with Gasteiger partial charge in [0.1, 0.15) is 0 Å². The molecule has 0 aromatic heterocycles. The van der Waals surface area contributed by atoms with Crippen LogP contribution in [0.4, 0.5) is 0 Å². The molecule has 9 heavy (non-hydrogen) atoms. The molecule has 0 saturated carbocycles. The van der Waals surface area contributed by atoms with Crippen LogP contribution in [0, 0.1) is 0 Å². The predicted octanol–water partition coefficient (Wildman–Crippen LogP) is 0.486. The van der Waals surface area contributed by atoms with Crippen molar-refractivity contribution in [3.05, 3.63) is 0 Å². The van der Waals surface area contributed by atoms with Crippen molar-refractivity contribution in [2.45, 2.75) is 16.4 Å². The average Bonchev–Trinajstić information content (AvgIpc) is 1.59. The zero-order valence-electron chi connectivity index (χ0n) is 5.55. The van der Waals surface area contributed by atoms with E-state index in [2.05, 4.69) is 27.5 Å². The maximum Gasteiger partial charge on any atom is 0.0677 e. The molecule has 1 rings (SSSR count). The fraction of sp³-hybridized carbons (Fsp3) is 1.00. The molecule has 2 unspecified atom stereocenters. The van der Waals surface area contributed by atoms with Gasteiger partial charge in [0.05, 0.1) is 6.10 Å². The number of likely N-dealkylation sites (tertiary alicyclic amines) is 1. The van der Waals surface area contributed by atoms with Crippen molar-refractivity contribution in [2.75, 3.05) is 20.1 Å². The van der Waals surface area contributed by atoms with Gasteiger partial charge in [-0.1, -0.05) is 22.6 Å². The highest BCUT2D eigenvalue weighted by Gasteiger charge is 2.20. The number of aliphatic hydroxyl groups excluding tert-OH is 1. The molecule has 0 radical (unpaired) electrons. The maximum absolute atomic E-state index is 9.20. The Hall–Kier alpha value is 0.650. The van der Waals surface area contributed by atoms with Crippen LogP contribution in [-0.2, 0) is 0 Å². The summed E-state index contributed by atoms with van der Waals surface area (Å²) in [5.74, 6) is 0. The summed E-state index contributed by atoms with van der Waals surface area (Å²) in [6, 6.07) is 0. The van der Waals surface area contributed by atoms with E-state index in [1.54, 1.807) is 0 Å². The lowest BCUT2D eigenvalue weighted by Gasteiger charge is -2.29. The lowest BCUT2D eigenvalue weighted by atomic mass is 10.1. The number of aliphatic hydroxyl groups is 1. The van der Waals surface area contributed by atoms with Crippen molar-refractivity contribution in [1.82, 2.24) is 4.90 Å². The van der Waals surface area contributed by atoms with Gasteiger partial charge < -0.3 is 10.0 Å². The molecule has 3 heteroatoms. The summed E-state index contributed by atoms with van der Waals surface area (Å²) < 4.78 is 0.636. The molecule has 1 heterocycles. The van der Waals surface area contributed by atoms with E-state index >= 15 is 0 Å². The average molecular weight is 241 g/mol. The third kappa shape index (κ3) is 2.39. The van der Waals surface area contributed by atoms with Gasteiger partial charge in [-0.25, -0.2) is 0 Å². The quantitative estimate of drug-likeness (QED) is 0.492. The second-order valence-corrected chi connectivity index (χ2v) is 4.47. The zero-order chi connectivity index (χ0) is 6.85. The Balaban J connectivity index is 2.34. The van der Waals surface area contributed by atoms with E-state index in [-0.39, 0.29) is 6.10 Å². The summed E-state index contributed by atoms with van der Waals surface area (Å²) in [5, 5.41) is 9.20. The highest BCUT2D eigenvalue weighted by Crippen LogP contribution is 2.15. The topological polar surface area (TPSA) is 23.5 Å². The summed E-state index contributed by atoms with van der Waals surface area (Å²) in [4.78, 5) is 2.17. The third-order valence-electron chi connectivity index (χ3n) is 1.56. The summed E-state index contributed by atoms with van der Waals surface area (Å²) in [5.41, 5.74) is 0.